The summed E-state index contributed by atoms with van der Waals surface area (Å²) >= 11 is 0. The zero-order chi connectivity index (χ0) is 25.8. The van der Waals surface area contributed by atoms with Crippen molar-refractivity contribution in [1.29, 1.82) is 0 Å². The first-order valence-corrected chi connectivity index (χ1v) is 14.4. The van der Waals surface area contributed by atoms with Crippen molar-refractivity contribution in [1.82, 2.24) is 0 Å². The first-order chi connectivity index (χ1) is 17.0. The van der Waals surface area contributed by atoms with Crippen molar-refractivity contribution in [3.8, 4) is 0 Å². The van der Waals surface area contributed by atoms with Gasteiger partial charge in [0.1, 0.15) is 0 Å². The van der Waals surface area contributed by atoms with Crippen molar-refractivity contribution in [2.45, 2.75) is 104 Å². The Hall–Kier alpha value is -1.43. The van der Waals surface area contributed by atoms with Gasteiger partial charge in [-0.05, 0) is 122 Å². The lowest BCUT2D eigenvalue weighted by Crippen LogP contribution is -2.62. The Labute approximate surface area is 217 Å². The number of anilines is 1. The number of fused-ring (bicyclic) bond motifs is 5. The maximum Gasteiger partial charge on any atom is 0.224 e. The summed E-state index contributed by atoms with van der Waals surface area (Å²) < 4.78 is 0. The van der Waals surface area contributed by atoms with E-state index in [4.69, 9.17) is 0 Å². The molecule has 0 heterocycles. The highest BCUT2D eigenvalue weighted by atomic mass is 16.3. The number of aliphatic hydroxyl groups excluding tert-OH is 3. The quantitative estimate of drug-likeness (QED) is 0.444. The number of amides is 1. The normalized spacial score (nSPS) is 44.8. The summed E-state index contributed by atoms with van der Waals surface area (Å²) in [5, 5.41) is 36.5. The molecule has 1 aromatic rings. The number of hydrogen-bond donors (Lipinski definition) is 4. The van der Waals surface area contributed by atoms with Gasteiger partial charge < -0.3 is 20.6 Å². The number of carbonyl (C=O) groups is 1. The van der Waals surface area contributed by atoms with Crippen molar-refractivity contribution in [2.24, 2.45) is 46.3 Å². The van der Waals surface area contributed by atoms with Gasteiger partial charge in [-0.2, -0.15) is 0 Å². The third kappa shape index (κ3) is 4.33. The molecule has 11 atom stereocenters. The average molecular weight is 498 g/mol. The van der Waals surface area contributed by atoms with Crippen LogP contribution in [0.5, 0.6) is 0 Å². The summed E-state index contributed by atoms with van der Waals surface area (Å²) in [5.41, 5.74) is 1.86. The molecule has 0 aliphatic heterocycles. The molecule has 0 unspecified atom stereocenters. The monoisotopic (exact) mass is 497 g/mol. The highest BCUT2D eigenvalue weighted by Gasteiger charge is 2.65. The second-order valence-corrected chi connectivity index (χ2v) is 13.5. The van der Waals surface area contributed by atoms with E-state index in [1.54, 1.807) is 0 Å². The maximum atomic E-state index is 12.7. The summed E-state index contributed by atoms with van der Waals surface area (Å²) in [4.78, 5) is 12.7. The van der Waals surface area contributed by atoms with Gasteiger partial charge >= 0.3 is 0 Å². The van der Waals surface area contributed by atoms with Gasteiger partial charge in [-0.15, -0.1) is 0 Å². The fourth-order valence-electron chi connectivity index (χ4n) is 9.64. The van der Waals surface area contributed by atoms with E-state index in [0.717, 1.165) is 62.6 Å². The van der Waals surface area contributed by atoms with E-state index in [-0.39, 0.29) is 41.0 Å². The van der Waals surface area contributed by atoms with Crippen molar-refractivity contribution >= 4 is 11.6 Å². The van der Waals surface area contributed by atoms with Gasteiger partial charge in [-0.1, -0.05) is 32.9 Å². The Kier molecular flexibility index (Phi) is 7.06. The second-order valence-electron chi connectivity index (χ2n) is 13.5. The van der Waals surface area contributed by atoms with Crippen LogP contribution in [0.1, 0.15) is 84.1 Å². The summed E-state index contributed by atoms with van der Waals surface area (Å²) in [7, 11) is 0. The molecule has 5 heteroatoms. The Bertz CT molecular complexity index is 966. The number of nitrogens with one attached hydrogen (secondary N) is 1. The molecule has 1 aromatic carbocycles. The molecule has 4 N–H and O–H groups in total. The largest absolute Gasteiger partial charge is 0.393 e. The lowest BCUT2D eigenvalue weighted by molar-refractivity contribution is -0.207. The standard InChI is InChI=1S/C31H47NO4/c1-18-6-5-7-21(14-18)32-28(36)11-8-19(2)23-9-10-24-29-25(17-27(35)31(23,24)4)30(3)13-12-22(33)15-20(30)16-26(29)34/h5-7,14,19-20,22-27,29,33-35H,8-13,15-17H2,1-4H3,(H,32,36)/t19-,20+,22-,23-,24+,25+,26-,27+,29+,30+,31-/m1/s1. The number of hydrogen-bond acceptors (Lipinski definition) is 4. The summed E-state index contributed by atoms with van der Waals surface area (Å²) in [6, 6.07) is 7.91. The third-order valence-electron chi connectivity index (χ3n) is 11.6. The summed E-state index contributed by atoms with van der Waals surface area (Å²) in [6.45, 7) is 8.94. The van der Waals surface area contributed by atoms with Gasteiger partial charge in [0, 0.05) is 12.1 Å². The molecule has 4 aliphatic carbocycles. The lowest BCUT2D eigenvalue weighted by Gasteiger charge is -2.63. The van der Waals surface area contributed by atoms with Crippen molar-refractivity contribution < 1.29 is 20.1 Å². The molecule has 0 saturated heterocycles. The molecule has 4 aliphatic rings. The van der Waals surface area contributed by atoms with Crippen LogP contribution in [0.15, 0.2) is 24.3 Å². The number of aryl methyl sites for hydroxylation is 1. The molecule has 1 amide bonds. The predicted molar refractivity (Wildman–Crippen MR) is 142 cm³/mol. The van der Waals surface area contributed by atoms with Crippen LogP contribution in [0, 0.1) is 53.3 Å². The number of carbonyl (C=O) groups excluding carboxylic acids is 1. The molecular weight excluding hydrogens is 450 g/mol. The molecule has 4 fully saturated rings. The fraction of sp³-hybridized carbons (Fsp3) is 0.774. The molecule has 5 rings (SSSR count). The first-order valence-electron chi connectivity index (χ1n) is 14.4. The van der Waals surface area contributed by atoms with E-state index in [1.165, 1.54) is 0 Å². The fourth-order valence-corrected chi connectivity index (χ4v) is 9.64. The Morgan fingerprint density at radius 2 is 1.86 bits per heavy atom. The minimum Gasteiger partial charge on any atom is -0.393 e. The van der Waals surface area contributed by atoms with Gasteiger partial charge in [0.05, 0.1) is 18.3 Å². The van der Waals surface area contributed by atoms with Gasteiger partial charge in [0.2, 0.25) is 5.91 Å². The average Bonchev–Trinajstić information content (AvgIpc) is 3.18. The van der Waals surface area contributed by atoms with Gasteiger partial charge in [-0.25, -0.2) is 0 Å². The minimum absolute atomic E-state index is 0.0533. The van der Waals surface area contributed by atoms with Crippen LogP contribution in [0.4, 0.5) is 5.69 Å². The van der Waals surface area contributed by atoms with Crippen molar-refractivity contribution in [2.75, 3.05) is 5.32 Å². The van der Waals surface area contributed by atoms with Crippen LogP contribution in [-0.2, 0) is 4.79 Å². The van der Waals surface area contributed by atoms with Gasteiger partial charge in [0.15, 0.2) is 0 Å². The molecular formula is C31H47NO4. The SMILES string of the molecule is Cc1cccc(NC(=O)CC[C@@H](C)[C@H]2CC[C@H]3[C@@H]4[C@H](O)C[C@@H]5C[C@H](O)CC[C@]5(C)[C@H]4C[C@H](O)[C@]23C)c1. The molecule has 36 heavy (non-hydrogen) atoms. The topological polar surface area (TPSA) is 89.8 Å². The van der Waals surface area contributed by atoms with Crippen LogP contribution in [0.2, 0.25) is 0 Å². The number of rotatable bonds is 5. The van der Waals surface area contributed by atoms with E-state index in [9.17, 15) is 20.1 Å². The molecule has 0 bridgehead atoms. The highest BCUT2D eigenvalue weighted by Crippen LogP contribution is 2.68. The molecule has 200 valence electrons. The van der Waals surface area contributed by atoms with E-state index in [0.29, 0.717) is 36.0 Å². The van der Waals surface area contributed by atoms with E-state index in [1.807, 2.05) is 31.2 Å². The van der Waals surface area contributed by atoms with Gasteiger partial charge in [0.25, 0.3) is 0 Å². The Balaban J connectivity index is 1.28. The summed E-state index contributed by atoms with van der Waals surface area (Å²) in [6.07, 6.45) is 6.63. The summed E-state index contributed by atoms with van der Waals surface area (Å²) in [5.74, 6) is 1.96. The maximum absolute atomic E-state index is 12.7. The number of aliphatic hydroxyl groups is 3. The zero-order valence-electron chi connectivity index (χ0n) is 22.6. The minimum atomic E-state index is -0.380. The Morgan fingerprint density at radius 3 is 2.61 bits per heavy atom. The first kappa shape index (κ1) is 26.2. The zero-order valence-corrected chi connectivity index (χ0v) is 22.6. The molecule has 0 aromatic heterocycles. The van der Waals surface area contributed by atoms with Crippen LogP contribution in [0.3, 0.4) is 0 Å². The van der Waals surface area contributed by atoms with Crippen molar-refractivity contribution in [3.63, 3.8) is 0 Å². The van der Waals surface area contributed by atoms with Crippen molar-refractivity contribution in [3.05, 3.63) is 29.8 Å². The van der Waals surface area contributed by atoms with Crippen LogP contribution in [0.25, 0.3) is 0 Å². The third-order valence-corrected chi connectivity index (χ3v) is 11.6. The van der Waals surface area contributed by atoms with E-state index < -0.39 is 0 Å². The van der Waals surface area contributed by atoms with Crippen LogP contribution < -0.4 is 5.32 Å². The molecule has 4 saturated carbocycles. The number of benzene rings is 1. The van der Waals surface area contributed by atoms with Gasteiger partial charge in [-0.3, -0.25) is 4.79 Å². The smallest absolute Gasteiger partial charge is 0.224 e. The van der Waals surface area contributed by atoms with Crippen LogP contribution in [-0.4, -0.2) is 39.5 Å². The highest BCUT2D eigenvalue weighted by molar-refractivity contribution is 5.90. The molecule has 5 nitrogen and oxygen atoms in total. The molecule has 0 spiro atoms. The van der Waals surface area contributed by atoms with Crippen LogP contribution >= 0.6 is 0 Å². The predicted octanol–water partition coefficient (Wildman–Crippen LogP) is 5.31. The van der Waals surface area contributed by atoms with E-state index in [2.05, 4.69) is 26.1 Å². The van der Waals surface area contributed by atoms with E-state index >= 15 is 0 Å². The Morgan fingerprint density at radius 1 is 1.08 bits per heavy atom. The molecule has 0 radical (unpaired) electrons. The lowest BCUT2D eigenvalue weighted by atomic mass is 9.43. The second kappa shape index (κ2) is 9.71.